The Kier molecular flexibility index (Phi) is 6.09. The highest BCUT2D eigenvalue weighted by molar-refractivity contribution is 5.90. The molecule has 2 aromatic rings. The Morgan fingerprint density at radius 3 is 2.21 bits per heavy atom. The third-order valence-corrected chi connectivity index (χ3v) is 5.52. The van der Waals surface area contributed by atoms with E-state index in [-0.39, 0.29) is 11.4 Å². The van der Waals surface area contributed by atoms with Crippen molar-refractivity contribution in [2.75, 3.05) is 31.5 Å². The minimum absolute atomic E-state index is 0.00267. The number of carbonyl (C=O) groups excluding carboxylic acids is 1. The standard InChI is InChI=1S/C24H33N3O/c1-18-6-7-19(2)22(16-18)25-23(28)27-14-12-26(13-15-27)17-20-8-10-21(11-9-20)24(3,4)5/h6-11,16H,12-15,17H2,1-5H3,(H,25,28). The molecular formula is C24H33N3O. The first kappa shape index (κ1) is 20.4. The van der Waals surface area contributed by atoms with Gasteiger partial charge in [0, 0.05) is 38.4 Å². The summed E-state index contributed by atoms with van der Waals surface area (Å²) < 4.78 is 0. The number of aryl methyl sites for hydroxylation is 2. The van der Waals surface area contributed by atoms with Crippen molar-refractivity contribution in [2.24, 2.45) is 0 Å². The maximum absolute atomic E-state index is 12.6. The van der Waals surface area contributed by atoms with Crippen LogP contribution < -0.4 is 5.32 Å². The Labute approximate surface area is 169 Å². The summed E-state index contributed by atoms with van der Waals surface area (Å²) in [7, 11) is 0. The van der Waals surface area contributed by atoms with Crippen LogP contribution >= 0.6 is 0 Å². The Morgan fingerprint density at radius 2 is 1.61 bits per heavy atom. The van der Waals surface area contributed by atoms with Crippen molar-refractivity contribution in [3.63, 3.8) is 0 Å². The van der Waals surface area contributed by atoms with Gasteiger partial charge in [-0.25, -0.2) is 4.79 Å². The van der Waals surface area contributed by atoms with Crippen LogP contribution in [-0.4, -0.2) is 42.0 Å². The van der Waals surface area contributed by atoms with E-state index in [4.69, 9.17) is 0 Å². The van der Waals surface area contributed by atoms with Gasteiger partial charge in [0.2, 0.25) is 0 Å². The number of amides is 2. The fourth-order valence-corrected chi connectivity index (χ4v) is 3.54. The second kappa shape index (κ2) is 8.36. The molecule has 2 aromatic carbocycles. The van der Waals surface area contributed by atoms with Crippen LogP contribution in [0.15, 0.2) is 42.5 Å². The summed E-state index contributed by atoms with van der Waals surface area (Å²) in [5.41, 5.74) is 6.05. The topological polar surface area (TPSA) is 35.6 Å². The van der Waals surface area contributed by atoms with E-state index in [0.29, 0.717) is 0 Å². The van der Waals surface area contributed by atoms with E-state index in [1.165, 1.54) is 11.1 Å². The molecule has 28 heavy (non-hydrogen) atoms. The molecule has 0 aliphatic carbocycles. The van der Waals surface area contributed by atoms with Gasteiger partial charge in [0.15, 0.2) is 0 Å². The number of anilines is 1. The second-order valence-corrected chi connectivity index (χ2v) is 8.96. The molecule has 0 radical (unpaired) electrons. The summed E-state index contributed by atoms with van der Waals surface area (Å²) in [5.74, 6) is 0. The summed E-state index contributed by atoms with van der Waals surface area (Å²) in [5, 5.41) is 3.07. The Bertz CT molecular complexity index is 813. The van der Waals surface area contributed by atoms with Crippen LogP contribution in [-0.2, 0) is 12.0 Å². The van der Waals surface area contributed by atoms with Gasteiger partial charge in [-0.2, -0.15) is 0 Å². The number of nitrogens with one attached hydrogen (secondary N) is 1. The van der Waals surface area contributed by atoms with Crippen molar-refractivity contribution in [3.05, 3.63) is 64.7 Å². The Morgan fingerprint density at radius 1 is 0.964 bits per heavy atom. The summed E-state index contributed by atoms with van der Waals surface area (Å²) in [6.45, 7) is 15.1. The van der Waals surface area contributed by atoms with Crippen molar-refractivity contribution < 1.29 is 4.79 Å². The van der Waals surface area contributed by atoms with E-state index in [1.54, 1.807) is 0 Å². The van der Waals surface area contributed by atoms with Gasteiger partial charge >= 0.3 is 6.03 Å². The molecule has 0 spiro atoms. The van der Waals surface area contributed by atoms with Crippen LogP contribution in [0.4, 0.5) is 10.5 Å². The van der Waals surface area contributed by atoms with Gasteiger partial charge < -0.3 is 10.2 Å². The van der Waals surface area contributed by atoms with Crippen molar-refractivity contribution in [2.45, 2.75) is 46.6 Å². The lowest BCUT2D eigenvalue weighted by molar-refractivity contribution is 0.143. The predicted molar refractivity (Wildman–Crippen MR) is 117 cm³/mol. The van der Waals surface area contributed by atoms with Crippen molar-refractivity contribution in [3.8, 4) is 0 Å². The number of nitrogens with zero attached hydrogens (tertiary/aromatic N) is 2. The Balaban J connectivity index is 1.51. The molecule has 3 rings (SSSR count). The number of rotatable bonds is 3. The van der Waals surface area contributed by atoms with Crippen LogP contribution in [0.1, 0.15) is 43.0 Å². The molecule has 1 fully saturated rings. The van der Waals surface area contributed by atoms with Gasteiger partial charge in [0.05, 0.1) is 0 Å². The minimum atomic E-state index is 0.00267. The van der Waals surface area contributed by atoms with Crippen LogP contribution in [0.3, 0.4) is 0 Å². The van der Waals surface area contributed by atoms with Gasteiger partial charge in [-0.05, 0) is 47.6 Å². The lowest BCUT2D eigenvalue weighted by Crippen LogP contribution is -2.49. The van der Waals surface area contributed by atoms with Crippen molar-refractivity contribution >= 4 is 11.7 Å². The molecule has 2 amide bonds. The normalized spacial score (nSPS) is 15.5. The monoisotopic (exact) mass is 379 g/mol. The van der Waals surface area contributed by atoms with E-state index in [1.807, 2.05) is 30.9 Å². The third kappa shape index (κ3) is 5.14. The molecule has 1 aliphatic rings. The van der Waals surface area contributed by atoms with E-state index < -0.39 is 0 Å². The van der Waals surface area contributed by atoms with Crippen LogP contribution in [0, 0.1) is 13.8 Å². The van der Waals surface area contributed by atoms with Gasteiger partial charge in [0.1, 0.15) is 0 Å². The molecule has 1 saturated heterocycles. The van der Waals surface area contributed by atoms with Gasteiger partial charge in [-0.3, -0.25) is 4.90 Å². The van der Waals surface area contributed by atoms with Gasteiger partial charge in [-0.1, -0.05) is 57.2 Å². The molecule has 0 bridgehead atoms. The predicted octanol–water partition coefficient (Wildman–Crippen LogP) is 4.95. The lowest BCUT2D eigenvalue weighted by atomic mass is 9.87. The van der Waals surface area contributed by atoms with E-state index in [9.17, 15) is 4.79 Å². The van der Waals surface area contributed by atoms with E-state index in [2.05, 4.69) is 61.3 Å². The quantitative estimate of drug-likeness (QED) is 0.819. The first-order valence-corrected chi connectivity index (χ1v) is 10.2. The third-order valence-electron chi connectivity index (χ3n) is 5.52. The highest BCUT2D eigenvalue weighted by Gasteiger charge is 2.22. The SMILES string of the molecule is Cc1ccc(C)c(NC(=O)N2CCN(Cc3ccc(C(C)(C)C)cc3)CC2)c1. The van der Waals surface area contributed by atoms with Crippen LogP contribution in [0.5, 0.6) is 0 Å². The zero-order valence-electron chi connectivity index (χ0n) is 17.9. The smallest absolute Gasteiger partial charge is 0.321 e. The molecular weight excluding hydrogens is 346 g/mol. The zero-order chi connectivity index (χ0) is 20.3. The van der Waals surface area contributed by atoms with Crippen LogP contribution in [0.2, 0.25) is 0 Å². The maximum Gasteiger partial charge on any atom is 0.321 e. The molecule has 1 aliphatic heterocycles. The number of hydrogen-bond donors (Lipinski definition) is 1. The molecule has 0 atom stereocenters. The summed E-state index contributed by atoms with van der Waals surface area (Å²) in [4.78, 5) is 17.0. The van der Waals surface area contributed by atoms with E-state index >= 15 is 0 Å². The summed E-state index contributed by atoms with van der Waals surface area (Å²) in [6, 6.07) is 15.1. The van der Waals surface area contributed by atoms with Gasteiger partial charge in [0.25, 0.3) is 0 Å². The highest BCUT2D eigenvalue weighted by Crippen LogP contribution is 2.23. The minimum Gasteiger partial charge on any atom is -0.322 e. The average Bonchev–Trinajstić information content (AvgIpc) is 2.65. The van der Waals surface area contributed by atoms with Gasteiger partial charge in [-0.15, -0.1) is 0 Å². The first-order chi connectivity index (χ1) is 13.2. The highest BCUT2D eigenvalue weighted by atomic mass is 16.2. The van der Waals surface area contributed by atoms with Crippen molar-refractivity contribution in [1.29, 1.82) is 0 Å². The lowest BCUT2D eigenvalue weighted by Gasteiger charge is -2.35. The summed E-state index contributed by atoms with van der Waals surface area (Å²) >= 11 is 0. The number of benzene rings is 2. The number of urea groups is 1. The largest absolute Gasteiger partial charge is 0.322 e. The Hall–Kier alpha value is -2.33. The first-order valence-electron chi connectivity index (χ1n) is 10.2. The molecule has 4 nitrogen and oxygen atoms in total. The van der Waals surface area contributed by atoms with Crippen molar-refractivity contribution in [1.82, 2.24) is 9.80 Å². The van der Waals surface area contributed by atoms with E-state index in [0.717, 1.165) is 49.5 Å². The fraction of sp³-hybridized carbons (Fsp3) is 0.458. The second-order valence-electron chi connectivity index (χ2n) is 8.96. The molecule has 150 valence electrons. The van der Waals surface area contributed by atoms with Crippen LogP contribution in [0.25, 0.3) is 0 Å². The number of carbonyl (C=O) groups is 1. The molecule has 0 unspecified atom stereocenters. The maximum atomic E-state index is 12.6. The molecule has 0 saturated carbocycles. The zero-order valence-corrected chi connectivity index (χ0v) is 17.9. The average molecular weight is 380 g/mol. The number of piperazine rings is 1. The molecule has 0 aromatic heterocycles. The number of hydrogen-bond acceptors (Lipinski definition) is 2. The molecule has 4 heteroatoms. The molecule has 1 N–H and O–H groups in total. The molecule has 1 heterocycles. The fourth-order valence-electron chi connectivity index (χ4n) is 3.54. The summed E-state index contributed by atoms with van der Waals surface area (Å²) in [6.07, 6.45) is 0.